The van der Waals surface area contributed by atoms with Crippen molar-refractivity contribution in [2.24, 2.45) is 0 Å². The molecule has 4 heteroatoms. The van der Waals surface area contributed by atoms with E-state index >= 15 is 0 Å². The molecule has 0 saturated heterocycles. The second kappa shape index (κ2) is 5.64. The van der Waals surface area contributed by atoms with Crippen LogP contribution in [-0.4, -0.2) is 5.91 Å². The Bertz CT molecular complexity index is 638. The summed E-state index contributed by atoms with van der Waals surface area (Å²) in [5, 5.41) is 3.69. The molecule has 2 rings (SSSR count). The number of benzene rings is 2. The highest BCUT2D eigenvalue weighted by Crippen LogP contribution is 2.25. The maximum absolute atomic E-state index is 12.2. The molecule has 0 unspecified atom stereocenters. The largest absolute Gasteiger partial charge is 0.322 e. The molecular formula is C15H13Cl2NO. The van der Waals surface area contributed by atoms with Gasteiger partial charge in [-0.3, -0.25) is 4.79 Å². The van der Waals surface area contributed by atoms with Crippen LogP contribution in [0.15, 0.2) is 36.4 Å². The van der Waals surface area contributed by atoms with Crippen molar-refractivity contribution in [1.82, 2.24) is 0 Å². The third-order valence-corrected chi connectivity index (χ3v) is 3.54. The van der Waals surface area contributed by atoms with E-state index in [0.717, 1.165) is 11.1 Å². The monoisotopic (exact) mass is 293 g/mol. The molecule has 2 aromatic rings. The Hall–Kier alpha value is -1.51. The van der Waals surface area contributed by atoms with E-state index in [0.29, 0.717) is 21.3 Å². The predicted octanol–water partition coefficient (Wildman–Crippen LogP) is 4.86. The lowest BCUT2D eigenvalue weighted by Crippen LogP contribution is -2.13. The number of carbonyl (C=O) groups excluding carboxylic acids is 1. The molecule has 19 heavy (non-hydrogen) atoms. The fourth-order valence-corrected chi connectivity index (χ4v) is 2.14. The van der Waals surface area contributed by atoms with E-state index in [1.54, 1.807) is 18.2 Å². The highest BCUT2D eigenvalue weighted by atomic mass is 35.5. The van der Waals surface area contributed by atoms with E-state index in [1.165, 1.54) is 0 Å². The minimum atomic E-state index is -0.157. The van der Waals surface area contributed by atoms with Crippen molar-refractivity contribution in [3.63, 3.8) is 0 Å². The lowest BCUT2D eigenvalue weighted by molar-refractivity contribution is 0.102. The van der Waals surface area contributed by atoms with E-state index in [1.807, 2.05) is 32.0 Å². The fourth-order valence-electron chi connectivity index (χ4n) is 1.84. The number of halogens is 2. The lowest BCUT2D eigenvalue weighted by atomic mass is 10.1. The Morgan fingerprint density at radius 3 is 2.37 bits per heavy atom. The molecule has 2 nitrogen and oxygen atoms in total. The van der Waals surface area contributed by atoms with Gasteiger partial charge in [0.05, 0.1) is 10.0 Å². The molecule has 0 spiro atoms. The van der Waals surface area contributed by atoms with Gasteiger partial charge in [0.1, 0.15) is 0 Å². The van der Waals surface area contributed by atoms with Crippen molar-refractivity contribution in [3.8, 4) is 0 Å². The number of nitrogens with one attached hydrogen (secondary N) is 1. The van der Waals surface area contributed by atoms with Crippen LogP contribution in [0.2, 0.25) is 10.0 Å². The summed E-state index contributed by atoms with van der Waals surface area (Å²) in [4.78, 5) is 12.2. The van der Waals surface area contributed by atoms with Crippen LogP contribution >= 0.6 is 23.2 Å². The van der Waals surface area contributed by atoms with Crippen LogP contribution in [0, 0.1) is 13.8 Å². The Morgan fingerprint density at radius 1 is 1.00 bits per heavy atom. The molecule has 0 atom stereocenters. The molecule has 0 heterocycles. The van der Waals surface area contributed by atoms with Gasteiger partial charge in [-0.2, -0.15) is 0 Å². The molecule has 0 aliphatic rings. The minimum absolute atomic E-state index is 0.157. The smallest absolute Gasteiger partial charge is 0.255 e. The Balaban J connectivity index is 2.23. The maximum atomic E-state index is 12.2. The Morgan fingerprint density at radius 2 is 1.74 bits per heavy atom. The zero-order chi connectivity index (χ0) is 14.0. The first-order valence-electron chi connectivity index (χ1n) is 5.81. The highest BCUT2D eigenvalue weighted by Gasteiger charge is 2.10. The first-order chi connectivity index (χ1) is 8.97. The molecular weight excluding hydrogens is 281 g/mol. The van der Waals surface area contributed by atoms with Gasteiger partial charge in [0, 0.05) is 11.3 Å². The molecule has 0 aliphatic carbocycles. The zero-order valence-corrected chi connectivity index (χ0v) is 12.1. The van der Waals surface area contributed by atoms with Gasteiger partial charge in [0.2, 0.25) is 0 Å². The van der Waals surface area contributed by atoms with Gasteiger partial charge in [0.25, 0.3) is 5.91 Å². The molecule has 1 amide bonds. The predicted molar refractivity (Wildman–Crippen MR) is 80.3 cm³/mol. The summed E-state index contributed by atoms with van der Waals surface area (Å²) in [6.45, 7) is 3.91. The van der Waals surface area contributed by atoms with Crippen LogP contribution in [0.5, 0.6) is 0 Å². The Kier molecular flexibility index (Phi) is 4.13. The van der Waals surface area contributed by atoms with Crippen LogP contribution in [0.25, 0.3) is 0 Å². The summed E-state index contributed by atoms with van der Waals surface area (Å²) in [6.07, 6.45) is 0. The highest BCUT2D eigenvalue weighted by molar-refractivity contribution is 6.42. The van der Waals surface area contributed by atoms with Gasteiger partial charge in [-0.15, -0.1) is 0 Å². The van der Waals surface area contributed by atoms with E-state index in [2.05, 4.69) is 5.32 Å². The average Bonchev–Trinajstić information content (AvgIpc) is 2.33. The van der Waals surface area contributed by atoms with E-state index in [4.69, 9.17) is 23.2 Å². The third-order valence-electron chi connectivity index (χ3n) is 2.80. The number of hydrogen-bond donors (Lipinski definition) is 1. The van der Waals surface area contributed by atoms with E-state index < -0.39 is 0 Å². The summed E-state index contributed by atoms with van der Waals surface area (Å²) in [5.74, 6) is -0.157. The molecule has 0 radical (unpaired) electrons. The summed E-state index contributed by atoms with van der Waals surface area (Å²) in [6, 6.07) is 10.7. The number of hydrogen-bond acceptors (Lipinski definition) is 1. The number of carbonyl (C=O) groups is 1. The first-order valence-corrected chi connectivity index (χ1v) is 6.56. The standard InChI is InChI=1S/C15H13Cl2NO/c1-9-3-5-12(10(2)7-9)15(19)18-11-4-6-13(16)14(17)8-11/h3-8H,1-2H3,(H,18,19). The number of rotatable bonds is 2. The first kappa shape index (κ1) is 13.9. The summed E-state index contributed by atoms with van der Waals surface area (Å²) >= 11 is 11.7. The number of anilines is 1. The molecule has 1 N–H and O–H groups in total. The summed E-state index contributed by atoms with van der Waals surface area (Å²) < 4.78 is 0. The average molecular weight is 294 g/mol. The molecule has 2 aromatic carbocycles. The van der Waals surface area contributed by atoms with E-state index in [9.17, 15) is 4.79 Å². The van der Waals surface area contributed by atoms with Crippen molar-refractivity contribution in [2.45, 2.75) is 13.8 Å². The molecule has 98 valence electrons. The topological polar surface area (TPSA) is 29.1 Å². The SMILES string of the molecule is Cc1ccc(C(=O)Nc2ccc(Cl)c(Cl)c2)c(C)c1. The van der Waals surface area contributed by atoms with Crippen LogP contribution in [0.3, 0.4) is 0 Å². The van der Waals surface area contributed by atoms with Gasteiger partial charge in [-0.05, 0) is 43.7 Å². The molecule has 0 bridgehead atoms. The second-order valence-electron chi connectivity index (χ2n) is 4.40. The van der Waals surface area contributed by atoms with Crippen LogP contribution in [-0.2, 0) is 0 Å². The maximum Gasteiger partial charge on any atom is 0.255 e. The van der Waals surface area contributed by atoms with Gasteiger partial charge in [-0.25, -0.2) is 0 Å². The van der Waals surface area contributed by atoms with Crippen molar-refractivity contribution >= 4 is 34.8 Å². The Labute approximate surface area is 122 Å². The molecule has 0 saturated carbocycles. The van der Waals surface area contributed by atoms with Crippen LogP contribution in [0.1, 0.15) is 21.5 Å². The molecule has 0 fully saturated rings. The van der Waals surface area contributed by atoms with Gasteiger partial charge in [-0.1, -0.05) is 40.9 Å². The van der Waals surface area contributed by atoms with Gasteiger partial charge >= 0.3 is 0 Å². The lowest BCUT2D eigenvalue weighted by Gasteiger charge is -2.09. The summed E-state index contributed by atoms with van der Waals surface area (Å²) in [5.41, 5.74) is 3.34. The minimum Gasteiger partial charge on any atom is -0.322 e. The third kappa shape index (κ3) is 3.28. The van der Waals surface area contributed by atoms with Gasteiger partial charge < -0.3 is 5.32 Å². The normalized spacial score (nSPS) is 10.3. The second-order valence-corrected chi connectivity index (χ2v) is 5.22. The molecule has 0 aromatic heterocycles. The van der Waals surface area contributed by atoms with Crippen molar-refractivity contribution in [3.05, 3.63) is 63.1 Å². The van der Waals surface area contributed by atoms with E-state index in [-0.39, 0.29) is 5.91 Å². The number of aryl methyl sites for hydroxylation is 2. The van der Waals surface area contributed by atoms with Gasteiger partial charge in [0.15, 0.2) is 0 Å². The molecule has 0 aliphatic heterocycles. The number of amides is 1. The van der Waals surface area contributed by atoms with Crippen LogP contribution < -0.4 is 5.32 Å². The van der Waals surface area contributed by atoms with Crippen LogP contribution in [0.4, 0.5) is 5.69 Å². The van der Waals surface area contributed by atoms with Crippen molar-refractivity contribution < 1.29 is 4.79 Å². The fraction of sp³-hybridized carbons (Fsp3) is 0.133. The van der Waals surface area contributed by atoms with Crippen molar-refractivity contribution in [2.75, 3.05) is 5.32 Å². The quantitative estimate of drug-likeness (QED) is 0.841. The van der Waals surface area contributed by atoms with Crippen molar-refractivity contribution in [1.29, 1.82) is 0 Å². The summed E-state index contributed by atoms with van der Waals surface area (Å²) in [7, 11) is 0. The zero-order valence-electron chi connectivity index (χ0n) is 10.6.